The van der Waals surface area contributed by atoms with E-state index in [-0.39, 0.29) is 23.4 Å². The molecule has 1 aliphatic carbocycles. The smallest absolute Gasteiger partial charge is 0.243 e. The van der Waals surface area contributed by atoms with Crippen LogP contribution < -0.4 is 10.1 Å². The first-order chi connectivity index (χ1) is 18.2. The van der Waals surface area contributed by atoms with Crippen molar-refractivity contribution in [3.8, 4) is 22.7 Å². The Morgan fingerprint density at radius 3 is 2.18 bits per heavy atom. The lowest BCUT2D eigenvalue weighted by Crippen LogP contribution is -2.39. The van der Waals surface area contributed by atoms with Gasteiger partial charge in [-0.05, 0) is 73.5 Å². The van der Waals surface area contributed by atoms with Gasteiger partial charge in [-0.1, -0.05) is 35.3 Å². The summed E-state index contributed by atoms with van der Waals surface area (Å²) >= 11 is 12.0. The molecule has 4 aromatic rings. The molecule has 0 bridgehead atoms. The Balaban J connectivity index is 1.44. The van der Waals surface area contributed by atoms with Gasteiger partial charge in [0.2, 0.25) is 21.9 Å². The number of nitrogens with zero attached hydrogens (tertiary/aromatic N) is 3. The highest BCUT2D eigenvalue weighted by atomic mass is 35.5. The van der Waals surface area contributed by atoms with Crippen molar-refractivity contribution in [2.45, 2.75) is 23.8 Å². The zero-order chi connectivity index (χ0) is 26.9. The van der Waals surface area contributed by atoms with Crippen molar-refractivity contribution in [2.24, 2.45) is 0 Å². The predicted octanol–water partition coefficient (Wildman–Crippen LogP) is 5.65. The molecule has 3 aromatic carbocycles. The molecule has 11 heteroatoms. The number of sulfonamides is 1. The summed E-state index contributed by atoms with van der Waals surface area (Å²) in [5.41, 5.74) is 2.16. The van der Waals surface area contributed by atoms with Crippen molar-refractivity contribution in [3.05, 3.63) is 89.0 Å². The predicted molar refractivity (Wildman–Crippen MR) is 148 cm³/mol. The number of halogens is 2. The molecule has 5 rings (SSSR count). The molecule has 0 aliphatic heterocycles. The van der Waals surface area contributed by atoms with Crippen molar-refractivity contribution < 1.29 is 17.9 Å². The first-order valence-electron chi connectivity index (χ1n) is 11.8. The Morgan fingerprint density at radius 2 is 1.61 bits per heavy atom. The second-order valence-corrected chi connectivity index (χ2v) is 11.6. The summed E-state index contributed by atoms with van der Waals surface area (Å²) < 4.78 is 34.9. The Labute approximate surface area is 230 Å². The molecule has 1 aromatic heterocycles. The van der Waals surface area contributed by atoms with Crippen molar-refractivity contribution in [3.63, 3.8) is 0 Å². The molecular weight excluding hydrogens is 547 g/mol. The number of hydrogen-bond acceptors (Lipinski definition) is 5. The summed E-state index contributed by atoms with van der Waals surface area (Å²) in [6.45, 7) is -0.346. The van der Waals surface area contributed by atoms with E-state index in [1.165, 1.54) is 28.6 Å². The maximum Gasteiger partial charge on any atom is 0.243 e. The maximum absolute atomic E-state index is 13.3. The van der Waals surface area contributed by atoms with Crippen LogP contribution in [0.1, 0.15) is 12.8 Å². The number of hydrogen-bond donors (Lipinski definition) is 1. The van der Waals surface area contributed by atoms with Crippen molar-refractivity contribution in [1.29, 1.82) is 0 Å². The minimum atomic E-state index is -3.89. The molecule has 1 saturated carbocycles. The lowest BCUT2D eigenvalue weighted by Gasteiger charge is -2.21. The van der Waals surface area contributed by atoms with E-state index in [4.69, 9.17) is 27.9 Å². The second-order valence-electron chi connectivity index (χ2n) is 8.81. The van der Waals surface area contributed by atoms with E-state index in [9.17, 15) is 13.2 Å². The summed E-state index contributed by atoms with van der Waals surface area (Å²) in [5, 5.41) is 3.84. The summed E-state index contributed by atoms with van der Waals surface area (Å²) in [5.74, 6) is 0.437. The zero-order valence-corrected chi connectivity index (χ0v) is 22.7. The van der Waals surface area contributed by atoms with Gasteiger partial charge in [0.1, 0.15) is 5.75 Å². The largest absolute Gasteiger partial charge is 0.497 e. The molecule has 0 saturated heterocycles. The molecule has 38 heavy (non-hydrogen) atoms. The Morgan fingerprint density at radius 1 is 1.00 bits per heavy atom. The van der Waals surface area contributed by atoms with Crippen LogP contribution in [0.25, 0.3) is 16.9 Å². The van der Waals surface area contributed by atoms with E-state index in [1.807, 2.05) is 24.3 Å². The number of carbonyl (C=O) groups is 1. The van der Waals surface area contributed by atoms with Crippen LogP contribution in [-0.4, -0.2) is 47.9 Å². The molecule has 1 fully saturated rings. The fraction of sp³-hybridized carbons (Fsp3) is 0.185. The number of anilines is 1. The molecule has 1 heterocycles. The fourth-order valence-corrected chi connectivity index (χ4v) is 5.88. The van der Waals surface area contributed by atoms with Crippen LogP contribution in [-0.2, 0) is 14.8 Å². The molecule has 1 amide bonds. The number of aromatic nitrogens is 2. The van der Waals surface area contributed by atoms with E-state index in [2.05, 4.69) is 10.3 Å². The van der Waals surface area contributed by atoms with E-state index in [0.717, 1.165) is 11.3 Å². The minimum Gasteiger partial charge on any atom is -0.497 e. The summed E-state index contributed by atoms with van der Waals surface area (Å²) in [4.78, 5) is 18.0. The minimum absolute atomic E-state index is 0.0892. The Kier molecular flexibility index (Phi) is 7.45. The Hall–Kier alpha value is -3.37. The molecule has 1 N–H and O–H groups in total. The number of ether oxygens (including phenoxy) is 1. The van der Waals surface area contributed by atoms with Crippen molar-refractivity contribution >= 4 is 45.1 Å². The topological polar surface area (TPSA) is 93.5 Å². The van der Waals surface area contributed by atoms with Gasteiger partial charge >= 0.3 is 0 Å². The molecule has 0 radical (unpaired) electrons. The van der Waals surface area contributed by atoms with Crippen LogP contribution in [0.2, 0.25) is 10.0 Å². The van der Waals surface area contributed by atoms with Crippen LogP contribution >= 0.6 is 23.2 Å². The van der Waals surface area contributed by atoms with Gasteiger partial charge in [0, 0.05) is 33.5 Å². The molecule has 8 nitrogen and oxygen atoms in total. The van der Waals surface area contributed by atoms with Crippen molar-refractivity contribution in [2.75, 3.05) is 19.0 Å². The average molecular weight is 571 g/mol. The summed E-state index contributed by atoms with van der Waals surface area (Å²) in [6.07, 6.45) is 3.19. The van der Waals surface area contributed by atoms with Crippen molar-refractivity contribution in [1.82, 2.24) is 13.9 Å². The van der Waals surface area contributed by atoms with Gasteiger partial charge in [-0.15, -0.1) is 0 Å². The van der Waals surface area contributed by atoms with E-state index in [1.54, 1.807) is 42.1 Å². The first kappa shape index (κ1) is 26.2. The third-order valence-corrected chi connectivity index (χ3v) is 8.54. The second kappa shape index (κ2) is 10.8. The highest BCUT2D eigenvalue weighted by Gasteiger charge is 2.39. The number of methoxy groups -OCH3 is 1. The number of carbonyl (C=O) groups excluding carboxylic acids is 1. The number of nitrogens with one attached hydrogen (secondary N) is 1. The van der Waals surface area contributed by atoms with E-state index < -0.39 is 15.9 Å². The molecular formula is C27H24Cl2N4O4S. The van der Waals surface area contributed by atoms with Gasteiger partial charge in [-0.25, -0.2) is 13.4 Å². The lowest BCUT2D eigenvalue weighted by molar-refractivity contribution is -0.116. The van der Waals surface area contributed by atoms with Crippen LogP contribution in [0.5, 0.6) is 5.75 Å². The fourth-order valence-electron chi connectivity index (χ4n) is 3.99. The van der Waals surface area contributed by atoms with Gasteiger partial charge in [-0.2, -0.15) is 4.31 Å². The highest BCUT2D eigenvalue weighted by molar-refractivity contribution is 7.89. The standard InChI is InChI=1S/C27H24Cl2N4O4S/c1-37-23-12-10-21(11-13-23)32-16-25(18-2-4-19(28)5-3-18)30-27(32)31-26(34)17-33(22-8-9-22)38(35,36)24-14-6-20(29)7-15-24/h2-7,10-16,22H,8-9,17H2,1H3,(H,30,31,34). The number of amides is 1. The monoisotopic (exact) mass is 570 g/mol. The maximum atomic E-state index is 13.3. The Bertz CT molecular complexity index is 1550. The summed E-state index contributed by atoms with van der Waals surface area (Å²) in [6, 6.07) is 20.2. The normalized spacial score (nSPS) is 13.5. The van der Waals surface area contributed by atoms with E-state index in [0.29, 0.717) is 34.3 Å². The molecule has 196 valence electrons. The van der Waals surface area contributed by atoms with Gasteiger partial charge in [-0.3, -0.25) is 14.7 Å². The van der Waals surface area contributed by atoms with Gasteiger partial charge in [0.05, 0.1) is 24.2 Å². The SMILES string of the molecule is COc1ccc(-n2cc(-c3ccc(Cl)cc3)nc2NC(=O)CN(C2CC2)S(=O)(=O)c2ccc(Cl)cc2)cc1. The van der Waals surface area contributed by atoms with Gasteiger partial charge in [0.25, 0.3) is 0 Å². The summed E-state index contributed by atoms with van der Waals surface area (Å²) in [7, 11) is -2.31. The number of imidazole rings is 1. The van der Waals surface area contributed by atoms with Gasteiger partial charge in [0.15, 0.2) is 0 Å². The number of benzene rings is 3. The molecule has 1 aliphatic rings. The van der Waals surface area contributed by atoms with Gasteiger partial charge < -0.3 is 4.74 Å². The van der Waals surface area contributed by atoms with Crippen LogP contribution in [0.3, 0.4) is 0 Å². The molecule has 0 unspecified atom stereocenters. The van der Waals surface area contributed by atoms with E-state index >= 15 is 0 Å². The average Bonchev–Trinajstić information content (AvgIpc) is 3.67. The molecule has 0 spiro atoms. The molecule has 0 atom stereocenters. The quantitative estimate of drug-likeness (QED) is 0.281. The van der Waals surface area contributed by atoms with Crippen LogP contribution in [0.15, 0.2) is 83.9 Å². The zero-order valence-electron chi connectivity index (χ0n) is 20.3. The third kappa shape index (κ3) is 5.71. The highest BCUT2D eigenvalue weighted by Crippen LogP contribution is 2.32. The number of rotatable bonds is 9. The first-order valence-corrected chi connectivity index (χ1v) is 14.0. The lowest BCUT2D eigenvalue weighted by atomic mass is 10.2. The van der Waals surface area contributed by atoms with Crippen LogP contribution in [0, 0.1) is 0 Å². The third-order valence-electron chi connectivity index (χ3n) is 6.12. The van der Waals surface area contributed by atoms with Crippen LogP contribution in [0.4, 0.5) is 5.95 Å².